The molecule has 4 rings (SSSR count). The maximum Gasteiger partial charge on any atom is 0.446 e. The Hall–Kier alpha value is -2.78. The van der Waals surface area contributed by atoms with Gasteiger partial charge in [-0.1, -0.05) is 30.3 Å². The number of thioether (sulfide) groups is 1. The van der Waals surface area contributed by atoms with Crippen LogP contribution in [-0.4, -0.2) is 77.3 Å². The second kappa shape index (κ2) is 10.0. The van der Waals surface area contributed by atoms with Crippen LogP contribution in [0.2, 0.25) is 0 Å². The lowest BCUT2D eigenvalue weighted by Gasteiger charge is -2.47. The summed E-state index contributed by atoms with van der Waals surface area (Å²) in [4.78, 5) is 31.0. The standard InChI is InChI=1S/C24H24F3N3O2S/c25-24(26,27)33-21-9-6-18(7-10-21)8-11-22(31)30-16-20(17-30)28-12-14-29(15-13-28)23(32)19-4-2-1-3-5-19/h1-11,20H,12-17H2. The first-order valence-corrected chi connectivity index (χ1v) is 11.5. The molecule has 2 heterocycles. The van der Waals surface area contributed by atoms with E-state index in [1.807, 2.05) is 35.2 Å². The Morgan fingerprint density at radius 2 is 1.52 bits per heavy atom. The van der Waals surface area contributed by atoms with Crippen LogP contribution in [0.4, 0.5) is 13.2 Å². The van der Waals surface area contributed by atoms with Crippen molar-refractivity contribution < 1.29 is 22.8 Å². The van der Waals surface area contributed by atoms with Crippen molar-refractivity contribution in [3.05, 3.63) is 71.8 Å². The van der Waals surface area contributed by atoms with E-state index in [2.05, 4.69) is 4.90 Å². The number of piperazine rings is 1. The average Bonchev–Trinajstić information content (AvgIpc) is 2.77. The molecule has 0 N–H and O–H groups in total. The SMILES string of the molecule is O=C(C=Cc1ccc(SC(F)(F)F)cc1)N1CC(N2CCN(C(=O)c3ccccc3)CC2)C1. The topological polar surface area (TPSA) is 43.9 Å². The normalized spacial score (nSPS) is 17.9. The summed E-state index contributed by atoms with van der Waals surface area (Å²) in [7, 11) is 0. The van der Waals surface area contributed by atoms with E-state index in [1.165, 1.54) is 18.2 Å². The van der Waals surface area contributed by atoms with E-state index in [4.69, 9.17) is 0 Å². The molecule has 2 aromatic rings. The highest BCUT2D eigenvalue weighted by molar-refractivity contribution is 8.00. The van der Waals surface area contributed by atoms with Gasteiger partial charge in [0.1, 0.15) is 0 Å². The third-order valence-corrected chi connectivity index (χ3v) is 6.58. The summed E-state index contributed by atoms with van der Waals surface area (Å²) < 4.78 is 37.2. The number of halogens is 3. The molecule has 0 radical (unpaired) electrons. The van der Waals surface area contributed by atoms with Crippen molar-refractivity contribution in [2.24, 2.45) is 0 Å². The molecule has 2 fully saturated rings. The summed E-state index contributed by atoms with van der Waals surface area (Å²) in [5.41, 5.74) is -2.94. The minimum absolute atomic E-state index is 0.0517. The second-order valence-corrected chi connectivity index (χ2v) is 9.18. The van der Waals surface area contributed by atoms with Crippen LogP contribution in [0, 0.1) is 0 Å². The maximum absolute atomic E-state index is 12.6. The van der Waals surface area contributed by atoms with Gasteiger partial charge in [0, 0.05) is 61.8 Å². The third kappa shape index (κ3) is 6.17. The van der Waals surface area contributed by atoms with E-state index < -0.39 is 5.51 Å². The molecule has 0 atom stereocenters. The van der Waals surface area contributed by atoms with Crippen LogP contribution in [0.3, 0.4) is 0 Å². The molecule has 33 heavy (non-hydrogen) atoms. The van der Waals surface area contributed by atoms with E-state index in [9.17, 15) is 22.8 Å². The Kier molecular flexibility index (Phi) is 7.09. The summed E-state index contributed by atoms with van der Waals surface area (Å²) >= 11 is -0.160. The minimum Gasteiger partial charge on any atom is -0.336 e. The summed E-state index contributed by atoms with van der Waals surface area (Å²) in [5.74, 6) is -0.0614. The Labute approximate surface area is 194 Å². The number of alkyl halides is 3. The number of carbonyl (C=O) groups excluding carboxylic acids is 2. The molecular formula is C24H24F3N3O2S. The molecule has 5 nitrogen and oxygen atoms in total. The molecule has 0 aliphatic carbocycles. The van der Waals surface area contributed by atoms with Gasteiger partial charge in [0.2, 0.25) is 5.91 Å². The first-order chi connectivity index (χ1) is 15.8. The first kappa shape index (κ1) is 23.4. The summed E-state index contributed by atoms with van der Waals surface area (Å²) in [6.07, 6.45) is 3.07. The fourth-order valence-corrected chi connectivity index (χ4v) is 4.51. The van der Waals surface area contributed by atoms with Crippen molar-refractivity contribution >= 4 is 29.7 Å². The molecule has 174 valence electrons. The predicted molar refractivity (Wildman–Crippen MR) is 122 cm³/mol. The van der Waals surface area contributed by atoms with Gasteiger partial charge in [-0.25, -0.2) is 0 Å². The van der Waals surface area contributed by atoms with E-state index in [0.29, 0.717) is 37.3 Å². The van der Waals surface area contributed by atoms with Crippen molar-refractivity contribution in [1.82, 2.24) is 14.7 Å². The van der Waals surface area contributed by atoms with Gasteiger partial charge in [-0.05, 0) is 47.7 Å². The van der Waals surface area contributed by atoms with Crippen molar-refractivity contribution in [3.63, 3.8) is 0 Å². The zero-order valence-electron chi connectivity index (χ0n) is 17.9. The van der Waals surface area contributed by atoms with Gasteiger partial charge in [0.05, 0.1) is 0 Å². The van der Waals surface area contributed by atoms with E-state index in [1.54, 1.807) is 23.1 Å². The summed E-state index contributed by atoms with van der Waals surface area (Å²) in [6, 6.07) is 15.5. The van der Waals surface area contributed by atoms with Crippen LogP contribution in [0.25, 0.3) is 6.08 Å². The molecule has 0 unspecified atom stereocenters. The van der Waals surface area contributed by atoms with Crippen LogP contribution in [0.15, 0.2) is 65.6 Å². The molecule has 2 aliphatic heterocycles. The molecule has 2 saturated heterocycles. The number of hydrogen-bond donors (Lipinski definition) is 0. The van der Waals surface area contributed by atoms with Crippen molar-refractivity contribution in [2.45, 2.75) is 16.4 Å². The number of nitrogens with zero attached hydrogens (tertiary/aromatic N) is 3. The number of carbonyl (C=O) groups is 2. The maximum atomic E-state index is 12.6. The minimum atomic E-state index is -4.31. The van der Waals surface area contributed by atoms with Gasteiger partial charge < -0.3 is 9.80 Å². The lowest BCUT2D eigenvalue weighted by atomic mass is 10.1. The first-order valence-electron chi connectivity index (χ1n) is 10.7. The van der Waals surface area contributed by atoms with Crippen LogP contribution in [0.1, 0.15) is 15.9 Å². The second-order valence-electron chi connectivity index (χ2n) is 8.04. The number of benzene rings is 2. The number of hydrogen-bond acceptors (Lipinski definition) is 4. The smallest absolute Gasteiger partial charge is 0.336 e. The highest BCUT2D eigenvalue weighted by atomic mass is 32.2. The van der Waals surface area contributed by atoms with Gasteiger partial charge in [-0.15, -0.1) is 0 Å². The molecule has 9 heteroatoms. The molecule has 2 aromatic carbocycles. The Balaban J connectivity index is 1.20. The van der Waals surface area contributed by atoms with E-state index in [-0.39, 0.29) is 34.5 Å². The number of amides is 2. The Morgan fingerprint density at radius 1 is 0.879 bits per heavy atom. The number of likely N-dealkylation sites (tertiary alicyclic amines) is 1. The van der Waals surface area contributed by atoms with E-state index >= 15 is 0 Å². The van der Waals surface area contributed by atoms with Gasteiger partial charge in [0.15, 0.2) is 0 Å². The highest BCUT2D eigenvalue weighted by Gasteiger charge is 2.36. The quantitative estimate of drug-likeness (QED) is 0.485. The third-order valence-electron chi connectivity index (χ3n) is 5.84. The van der Waals surface area contributed by atoms with Gasteiger partial charge in [-0.3, -0.25) is 14.5 Å². The fraction of sp³-hybridized carbons (Fsp3) is 0.333. The molecule has 0 saturated carbocycles. The molecule has 2 amide bonds. The lowest BCUT2D eigenvalue weighted by molar-refractivity contribution is -0.133. The highest BCUT2D eigenvalue weighted by Crippen LogP contribution is 2.36. The predicted octanol–water partition coefficient (Wildman–Crippen LogP) is 3.98. The zero-order chi connectivity index (χ0) is 23.4. The zero-order valence-corrected chi connectivity index (χ0v) is 18.7. The van der Waals surface area contributed by atoms with Gasteiger partial charge in [-0.2, -0.15) is 13.2 Å². The summed E-state index contributed by atoms with van der Waals surface area (Å²) in [5, 5.41) is 0. The fourth-order valence-electron chi connectivity index (χ4n) is 3.97. The van der Waals surface area contributed by atoms with Crippen molar-refractivity contribution in [2.75, 3.05) is 39.3 Å². The molecule has 0 bridgehead atoms. The molecular weight excluding hydrogens is 451 g/mol. The number of rotatable bonds is 5. The van der Waals surface area contributed by atoms with Crippen LogP contribution >= 0.6 is 11.8 Å². The summed E-state index contributed by atoms with van der Waals surface area (Å²) in [6.45, 7) is 4.17. The molecule has 2 aliphatic rings. The molecule has 0 aromatic heterocycles. The van der Waals surface area contributed by atoms with Crippen LogP contribution in [-0.2, 0) is 4.79 Å². The van der Waals surface area contributed by atoms with Crippen molar-refractivity contribution in [1.29, 1.82) is 0 Å². The van der Waals surface area contributed by atoms with Crippen LogP contribution in [0.5, 0.6) is 0 Å². The van der Waals surface area contributed by atoms with Crippen LogP contribution < -0.4 is 0 Å². The van der Waals surface area contributed by atoms with Crippen molar-refractivity contribution in [3.8, 4) is 0 Å². The van der Waals surface area contributed by atoms with E-state index in [0.717, 1.165) is 13.1 Å². The average molecular weight is 476 g/mol. The monoisotopic (exact) mass is 475 g/mol. The lowest BCUT2D eigenvalue weighted by Crippen LogP contribution is -2.64. The Bertz CT molecular complexity index is 998. The van der Waals surface area contributed by atoms with Gasteiger partial charge >= 0.3 is 5.51 Å². The molecule has 0 spiro atoms. The van der Waals surface area contributed by atoms with Gasteiger partial charge in [0.25, 0.3) is 5.91 Å². The Morgan fingerprint density at radius 3 is 2.12 bits per heavy atom. The largest absolute Gasteiger partial charge is 0.446 e.